The number of hydrogen-bond donors (Lipinski definition) is 0. The lowest BCUT2D eigenvalue weighted by atomic mass is 9.78. The van der Waals surface area contributed by atoms with Gasteiger partial charge < -0.3 is 0 Å². The molecule has 3 aliphatic rings. The van der Waals surface area contributed by atoms with Crippen molar-refractivity contribution in [1.82, 2.24) is 0 Å². The third-order valence-electron chi connectivity index (χ3n) is 4.01. The van der Waals surface area contributed by atoms with E-state index >= 15 is 0 Å². The molecule has 2 nitrogen and oxygen atoms in total. The van der Waals surface area contributed by atoms with Crippen molar-refractivity contribution in [3.8, 4) is 0 Å². The molecule has 0 aromatic heterocycles. The topological polar surface area (TPSA) is 34.1 Å². The van der Waals surface area contributed by atoms with Gasteiger partial charge in [0.05, 0.1) is 0 Å². The summed E-state index contributed by atoms with van der Waals surface area (Å²) in [4.78, 5) is 23.3. The highest BCUT2D eigenvalue weighted by atomic mass is 16.1. The first-order valence-electron chi connectivity index (χ1n) is 4.86. The van der Waals surface area contributed by atoms with E-state index in [-0.39, 0.29) is 23.7 Å². The summed E-state index contributed by atoms with van der Waals surface area (Å²) >= 11 is 0. The summed E-state index contributed by atoms with van der Waals surface area (Å²) in [7, 11) is 0. The minimum Gasteiger partial charge on any atom is -0.299 e. The van der Waals surface area contributed by atoms with Crippen LogP contribution in [0.4, 0.5) is 0 Å². The van der Waals surface area contributed by atoms with Crippen LogP contribution in [-0.4, -0.2) is 11.6 Å². The molecule has 0 radical (unpaired) electrons. The van der Waals surface area contributed by atoms with Crippen molar-refractivity contribution < 1.29 is 9.59 Å². The Balaban J connectivity index is 2.09. The normalized spacial score (nSPS) is 50.3. The van der Waals surface area contributed by atoms with Gasteiger partial charge in [-0.1, -0.05) is 0 Å². The van der Waals surface area contributed by atoms with E-state index in [0.717, 1.165) is 25.7 Å². The zero-order chi connectivity index (χ0) is 8.29. The van der Waals surface area contributed by atoms with E-state index < -0.39 is 0 Å². The molecule has 0 heterocycles. The van der Waals surface area contributed by atoms with Crippen molar-refractivity contribution in [2.24, 2.45) is 23.7 Å². The average Bonchev–Trinajstić information content (AvgIpc) is 2.41. The second kappa shape index (κ2) is 1.98. The third-order valence-corrected chi connectivity index (χ3v) is 4.01. The largest absolute Gasteiger partial charge is 0.299 e. The van der Waals surface area contributed by atoms with E-state index in [1.165, 1.54) is 0 Å². The van der Waals surface area contributed by atoms with Gasteiger partial charge in [-0.3, -0.25) is 9.59 Å². The Morgan fingerprint density at radius 3 is 1.17 bits per heavy atom. The van der Waals surface area contributed by atoms with Crippen LogP contribution in [0.15, 0.2) is 0 Å². The molecule has 0 aromatic carbocycles. The highest BCUT2D eigenvalue weighted by Crippen LogP contribution is 2.51. The predicted octanol–water partition coefficient (Wildman–Crippen LogP) is 1.19. The van der Waals surface area contributed by atoms with Gasteiger partial charge in [0.15, 0.2) is 0 Å². The summed E-state index contributed by atoms with van der Waals surface area (Å²) in [6.45, 7) is 0. The third kappa shape index (κ3) is 0.584. The van der Waals surface area contributed by atoms with Gasteiger partial charge in [-0.2, -0.15) is 0 Å². The van der Waals surface area contributed by atoms with E-state index in [2.05, 4.69) is 0 Å². The highest BCUT2D eigenvalue weighted by molar-refractivity contribution is 6.01. The van der Waals surface area contributed by atoms with Crippen molar-refractivity contribution >= 4 is 11.6 Å². The van der Waals surface area contributed by atoms with Crippen LogP contribution in [0.25, 0.3) is 0 Å². The van der Waals surface area contributed by atoms with Crippen LogP contribution in [0.1, 0.15) is 25.7 Å². The SMILES string of the molecule is O=C1[C@H]2CC[C@@H]1[C@@H]1CC[C@H]2C1=O. The number of carbonyl (C=O) groups excluding carboxylic acids is 2. The van der Waals surface area contributed by atoms with E-state index in [1.807, 2.05) is 0 Å². The Kier molecular flexibility index (Phi) is 1.12. The van der Waals surface area contributed by atoms with Crippen molar-refractivity contribution in [3.05, 3.63) is 0 Å². The summed E-state index contributed by atoms with van der Waals surface area (Å²) in [6.07, 6.45) is 3.99. The van der Waals surface area contributed by atoms with Crippen molar-refractivity contribution in [2.45, 2.75) is 25.7 Å². The number of Topliss-reactive ketones (excluding diaryl/α,β-unsaturated/α-hetero) is 2. The monoisotopic (exact) mass is 164 g/mol. The lowest BCUT2D eigenvalue weighted by Crippen LogP contribution is -2.36. The first-order chi connectivity index (χ1) is 5.79. The number of rotatable bonds is 0. The predicted molar refractivity (Wildman–Crippen MR) is 42.4 cm³/mol. The first-order valence-corrected chi connectivity index (χ1v) is 4.86. The Morgan fingerprint density at radius 2 is 0.917 bits per heavy atom. The van der Waals surface area contributed by atoms with Crippen LogP contribution >= 0.6 is 0 Å². The van der Waals surface area contributed by atoms with Crippen LogP contribution < -0.4 is 0 Å². The molecule has 3 rings (SSSR count). The zero-order valence-corrected chi connectivity index (χ0v) is 6.95. The van der Waals surface area contributed by atoms with Gasteiger partial charge in [0, 0.05) is 23.7 Å². The summed E-state index contributed by atoms with van der Waals surface area (Å²) < 4.78 is 0. The molecule has 64 valence electrons. The molecule has 0 aromatic rings. The smallest absolute Gasteiger partial charge is 0.140 e. The van der Waals surface area contributed by atoms with Gasteiger partial charge in [-0.25, -0.2) is 0 Å². The molecule has 3 aliphatic carbocycles. The van der Waals surface area contributed by atoms with Crippen LogP contribution in [0.5, 0.6) is 0 Å². The van der Waals surface area contributed by atoms with Gasteiger partial charge in [-0.15, -0.1) is 0 Å². The first kappa shape index (κ1) is 6.81. The van der Waals surface area contributed by atoms with Crippen LogP contribution in [0, 0.1) is 23.7 Å². The standard InChI is InChI=1S/C10H12O2/c11-9-5-1-2-6(9)8-4-3-7(5)10(8)12/h5-8H,1-4H2/t5-,6+,7+,8-. The molecule has 0 amide bonds. The molecule has 0 N–H and O–H groups in total. The van der Waals surface area contributed by atoms with Crippen LogP contribution in [0.3, 0.4) is 0 Å². The van der Waals surface area contributed by atoms with Gasteiger partial charge in [0.1, 0.15) is 11.6 Å². The molecular weight excluding hydrogens is 152 g/mol. The van der Waals surface area contributed by atoms with E-state index in [9.17, 15) is 9.59 Å². The number of ketones is 2. The Labute approximate surface area is 71.3 Å². The van der Waals surface area contributed by atoms with Gasteiger partial charge in [0.25, 0.3) is 0 Å². The fraction of sp³-hybridized carbons (Fsp3) is 0.800. The average molecular weight is 164 g/mol. The van der Waals surface area contributed by atoms with Crippen LogP contribution in [0.2, 0.25) is 0 Å². The summed E-state index contributed by atoms with van der Waals surface area (Å²) in [6, 6.07) is 0. The van der Waals surface area contributed by atoms with Gasteiger partial charge in [-0.05, 0) is 25.7 Å². The molecule has 0 saturated heterocycles. The van der Waals surface area contributed by atoms with Gasteiger partial charge >= 0.3 is 0 Å². The second-order valence-corrected chi connectivity index (χ2v) is 4.39. The summed E-state index contributed by atoms with van der Waals surface area (Å²) in [5.41, 5.74) is 0. The maximum atomic E-state index is 11.6. The minimum absolute atomic E-state index is 0.140. The Hall–Kier alpha value is -0.660. The molecule has 3 saturated carbocycles. The maximum Gasteiger partial charge on any atom is 0.140 e. The molecule has 4 bridgehead atoms. The van der Waals surface area contributed by atoms with E-state index in [4.69, 9.17) is 0 Å². The fourth-order valence-electron chi connectivity index (χ4n) is 3.44. The molecule has 0 spiro atoms. The van der Waals surface area contributed by atoms with E-state index in [1.54, 1.807) is 0 Å². The number of carbonyl (C=O) groups is 2. The summed E-state index contributed by atoms with van der Waals surface area (Å²) in [5, 5.41) is 0. The molecular formula is C10H12O2. The van der Waals surface area contributed by atoms with Crippen molar-refractivity contribution in [2.75, 3.05) is 0 Å². The second-order valence-electron chi connectivity index (χ2n) is 4.39. The quantitative estimate of drug-likeness (QED) is 0.539. The van der Waals surface area contributed by atoms with Crippen molar-refractivity contribution in [1.29, 1.82) is 0 Å². The molecule has 3 fully saturated rings. The lowest BCUT2D eigenvalue weighted by Gasteiger charge is -2.23. The fourth-order valence-corrected chi connectivity index (χ4v) is 3.44. The van der Waals surface area contributed by atoms with Crippen molar-refractivity contribution in [3.63, 3.8) is 0 Å². The molecule has 2 heteroatoms. The maximum absolute atomic E-state index is 11.6. The minimum atomic E-state index is 0.140. The Morgan fingerprint density at radius 1 is 0.667 bits per heavy atom. The molecule has 12 heavy (non-hydrogen) atoms. The summed E-state index contributed by atoms with van der Waals surface area (Å²) in [5.74, 6) is 1.40. The Bertz CT molecular complexity index is 217. The lowest BCUT2D eigenvalue weighted by molar-refractivity contribution is -0.139. The molecule has 0 unspecified atom stereocenters. The zero-order valence-electron chi connectivity index (χ0n) is 6.95. The number of fused-ring (bicyclic) bond motifs is 6. The number of hydrogen-bond acceptors (Lipinski definition) is 2. The van der Waals surface area contributed by atoms with Gasteiger partial charge in [0.2, 0.25) is 0 Å². The molecule has 0 aliphatic heterocycles. The van der Waals surface area contributed by atoms with E-state index in [0.29, 0.717) is 11.6 Å². The highest BCUT2D eigenvalue weighted by Gasteiger charge is 2.56. The van der Waals surface area contributed by atoms with Crippen LogP contribution in [-0.2, 0) is 9.59 Å². The molecule has 4 atom stereocenters.